The standard InChI is InChI=1S/C23H31F3N4O5S2/c1-21(2,3)22(18(27)31,37(34,35)23(24,25)26)28-19(32)30-16-11-10-15(36-4)12-17(16)29(20(30)33)13-14-8-6-5-7-9-14/h10-12,14H,5-9,13H2,1-4H3,(H2,27,31)(H,28,32)/t22-/m0/s1. The van der Waals surface area contributed by atoms with Crippen LogP contribution in [0.5, 0.6) is 0 Å². The minimum absolute atomic E-state index is 0.0628. The Morgan fingerprint density at radius 2 is 1.70 bits per heavy atom. The number of benzene rings is 1. The number of thioether (sulfide) groups is 1. The first kappa shape index (κ1) is 29.1. The molecule has 0 radical (unpaired) electrons. The van der Waals surface area contributed by atoms with Gasteiger partial charge in [0.1, 0.15) is 0 Å². The highest BCUT2D eigenvalue weighted by atomic mass is 32.2. The van der Waals surface area contributed by atoms with Crippen molar-refractivity contribution in [2.75, 3.05) is 6.26 Å². The highest BCUT2D eigenvalue weighted by Gasteiger charge is 2.69. The van der Waals surface area contributed by atoms with Crippen molar-refractivity contribution in [2.24, 2.45) is 17.1 Å². The number of nitrogens with zero attached hydrogens (tertiary/aromatic N) is 2. The first-order valence-corrected chi connectivity index (χ1v) is 14.4. The number of rotatable bonds is 6. The Hall–Kier alpha value is -2.48. The largest absolute Gasteiger partial charge is 0.500 e. The predicted octanol–water partition coefficient (Wildman–Crippen LogP) is 3.83. The van der Waals surface area contributed by atoms with Crippen LogP contribution < -0.4 is 16.7 Å². The molecule has 0 bridgehead atoms. The van der Waals surface area contributed by atoms with Crippen LogP contribution in [-0.2, 0) is 21.2 Å². The molecule has 1 aromatic heterocycles. The van der Waals surface area contributed by atoms with Gasteiger partial charge in [-0.15, -0.1) is 11.8 Å². The molecule has 206 valence electrons. The van der Waals surface area contributed by atoms with Gasteiger partial charge >= 0.3 is 17.2 Å². The summed E-state index contributed by atoms with van der Waals surface area (Å²) in [6.45, 7) is 3.37. The number of nitrogens with one attached hydrogen (secondary N) is 1. The molecule has 9 nitrogen and oxygen atoms in total. The number of hydrogen-bond donors (Lipinski definition) is 2. The Morgan fingerprint density at radius 3 is 2.19 bits per heavy atom. The monoisotopic (exact) mass is 564 g/mol. The number of sulfone groups is 1. The van der Waals surface area contributed by atoms with E-state index >= 15 is 0 Å². The third-order valence-corrected chi connectivity index (χ3v) is 9.96. The van der Waals surface area contributed by atoms with Crippen LogP contribution in [0.2, 0.25) is 0 Å². The van der Waals surface area contributed by atoms with Gasteiger partial charge < -0.3 is 11.1 Å². The summed E-state index contributed by atoms with van der Waals surface area (Å²) in [5.41, 5.74) is -3.13. The van der Waals surface area contributed by atoms with E-state index in [4.69, 9.17) is 5.73 Å². The van der Waals surface area contributed by atoms with Gasteiger partial charge in [-0.05, 0) is 43.2 Å². The van der Waals surface area contributed by atoms with Gasteiger partial charge in [-0.25, -0.2) is 22.6 Å². The summed E-state index contributed by atoms with van der Waals surface area (Å²) in [6, 6.07) is 3.27. The van der Waals surface area contributed by atoms with Gasteiger partial charge in [-0.1, -0.05) is 40.0 Å². The maximum absolute atomic E-state index is 13.7. The lowest BCUT2D eigenvalue weighted by Crippen LogP contribution is -2.72. The summed E-state index contributed by atoms with van der Waals surface area (Å²) < 4.78 is 68.5. The molecule has 1 heterocycles. The molecule has 3 rings (SSSR count). The summed E-state index contributed by atoms with van der Waals surface area (Å²) >= 11 is 1.39. The van der Waals surface area contributed by atoms with Crippen LogP contribution >= 0.6 is 11.8 Å². The number of hydrogen-bond acceptors (Lipinski definition) is 6. The molecule has 0 spiro atoms. The zero-order valence-electron chi connectivity index (χ0n) is 21.0. The molecule has 1 fully saturated rings. The van der Waals surface area contributed by atoms with E-state index < -0.39 is 43.3 Å². The number of amides is 2. The molecule has 2 aromatic rings. The van der Waals surface area contributed by atoms with E-state index in [0.29, 0.717) is 10.1 Å². The van der Waals surface area contributed by atoms with Crippen molar-refractivity contribution in [3.8, 4) is 0 Å². The van der Waals surface area contributed by atoms with Gasteiger partial charge in [0.25, 0.3) is 15.7 Å². The first-order valence-electron chi connectivity index (χ1n) is 11.7. The van der Waals surface area contributed by atoms with Gasteiger partial charge in [0.05, 0.1) is 11.0 Å². The lowest BCUT2D eigenvalue weighted by atomic mass is 9.85. The second-order valence-electron chi connectivity index (χ2n) is 10.3. The molecule has 1 atom stereocenters. The number of carbonyl (C=O) groups is 2. The van der Waals surface area contributed by atoms with Gasteiger partial charge in [-0.3, -0.25) is 9.36 Å². The minimum Gasteiger partial charge on any atom is -0.367 e. The summed E-state index contributed by atoms with van der Waals surface area (Å²) in [5.74, 6) is -1.76. The Kier molecular flexibility index (Phi) is 7.86. The van der Waals surface area contributed by atoms with E-state index in [1.165, 1.54) is 22.4 Å². The van der Waals surface area contributed by atoms with Gasteiger partial charge in [0, 0.05) is 16.9 Å². The van der Waals surface area contributed by atoms with Crippen LogP contribution in [0.1, 0.15) is 52.9 Å². The van der Waals surface area contributed by atoms with E-state index in [9.17, 15) is 36.0 Å². The number of alkyl halides is 3. The summed E-state index contributed by atoms with van der Waals surface area (Å²) in [7, 11) is -6.38. The number of fused-ring (bicyclic) bond motifs is 1. The van der Waals surface area contributed by atoms with Crippen LogP contribution in [0.3, 0.4) is 0 Å². The van der Waals surface area contributed by atoms with E-state index in [1.807, 2.05) is 6.26 Å². The molecule has 1 aromatic carbocycles. The second kappa shape index (κ2) is 10.0. The average molecular weight is 565 g/mol. The van der Waals surface area contributed by atoms with Crippen molar-refractivity contribution >= 4 is 44.6 Å². The molecule has 1 aliphatic carbocycles. The van der Waals surface area contributed by atoms with Gasteiger partial charge in [0.15, 0.2) is 0 Å². The lowest BCUT2D eigenvalue weighted by Gasteiger charge is -2.41. The Labute approximate surface area is 216 Å². The molecular formula is C23H31F3N4O5S2. The highest BCUT2D eigenvalue weighted by molar-refractivity contribution is 7.98. The van der Waals surface area contributed by atoms with Crippen molar-refractivity contribution in [3.63, 3.8) is 0 Å². The van der Waals surface area contributed by atoms with Crippen LogP contribution in [0.25, 0.3) is 11.0 Å². The second-order valence-corrected chi connectivity index (χ2v) is 13.2. The molecule has 2 amide bonds. The smallest absolute Gasteiger partial charge is 0.367 e. The normalized spacial score (nSPS) is 17.5. The van der Waals surface area contributed by atoms with E-state index in [-0.39, 0.29) is 18.0 Å². The van der Waals surface area contributed by atoms with Crippen LogP contribution in [-0.4, -0.2) is 46.1 Å². The SMILES string of the molecule is CSc1ccc2c(c1)n(CC1CCCCC1)c(=O)n2C(=O)N[C@](C(N)=O)(C(C)(C)C)S(=O)(=O)C(F)(F)F. The molecule has 37 heavy (non-hydrogen) atoms. The van der Waals surface area contributed by atoms with Crippen molar-refractivity contribution in [1.82, 2.24) is 14.5 Å². The van der Waals surface area contributed by atoms with Crippen molar-refractivity contribution in [2.45, 2.75) is 74.7 Å². The quantitative estimate of drug-likeness (QED) is 0.513. The van der Waals surface area contributed by atoms with E-state index in [2.05, 4.69) is 0 Å². The van der Waals surface area contributed by atoms with Crippen LogP contribution in [0.15, 0.2) is 27.9 Å². The van der Waals surface area contributed by atoms with E-state index in [0.717, 1.165) is 57.8 Å². The molecule has 14 heteroatoms. The zero-order chi connectivity index (χ0) is 28.0. The maximum atomic E-state index is 13.7. The molecular weight excluding hydrogens is 533 g/mol. The summed E-state index contributed by atoms with van der Waals surface area (Å²) in [5, 5.41) is 1.73. The number of aromatic nitrogens is 2. The predicted molar refractivity (Wildman–Crippen MR) is 135 cm³/mol. The highest BCUT2D eigenvalue weighted by Crippen LogP contribution is 2.43. The maximum Gasteiger partial charge on any atom is 0.500 e. The van der Waals surface area contributed by atoms with Crippen LogP contribution in [0, 0.1) is 11.3 Å². The molecule has 0 aliphatic heterocycles. The molecule has 0 unspecified atom stereocenters. The number of imidazole rings is 1. The summed E-state index contributed by atoms with van der Waals surface area (Å²) in [4.78, 5) is 36.6. The Bertz CT molecular complexity index is 1370. The number of carbonyl (C=O) groups excluding carboxylic acids is 2. The number of halogens is 3. The zero-order valence-corrected chi connectivity index (χ0v) is 22.6. The fourth-order valence-electron chi connectivity index (χ4n) is 4.96. The number of primary amides is 1. The molecule has 3 N–H and O–H groups in total. The van der Waals surface area contributed by atoms with Gasteiger partial charge in [0.2, 0.25) is 4.87 Å². The van der Waals surface area contributed by atoms with Crippen molar-refractivity contribution < 1.29 is 31.2 Å². The van der Waals surface area contributed by atoms with Crippen molar-refractivity contribution in [1.29, 1.82) is 0 Å². The topological polar surface area (TPSA) is 133 Å². The number of nitrogens with two attached hydrogens (primary N) is 1. The fraction of sp³-hybridized carbons (Fsp3) is 0.609. The summed E-state index contributed by atoms with van der Waals surface area (Å²) in [6.07, 6.45) is 6.66. The third kappa shape index (κ3) is 4.89. The lowest BCUT2D eigenvalue weighted by molar-refractivity contribution is -0.125. The Morgan fingerprint density at radius 1 is 1.11 bits per heavy atom. The minimum atomic E-state index is -6.38. The Balaban J connectivity index is 2.23. The van der Waals surface area contributed by atoms with E-state index in [1.54, 1.807) is 17.4 Å². The van der Waals surface area contributed by atoms with Gasteiger partial charge in [-0.2, -0.15) is 13.2 Å². The molecule has 0 saturated heterocycles. The van der Waals surface area contributed by atoms with Crippen LogP contribution in [0.4, 0.5) is 18.0 Å². The van der Waals surface area contributed by atoms with Crippen molar-refractivity contribution in [3.05, 3.63) is 28.7 Å². The molecule has 1 saturated carbocycles. The molecule has 1 aliphatic rings. The first-order chi connectivity index (χ1) is 17.0. The average Bonchev–Trinajstić information content (AvgIpc) is 3.06. The fourth-order valence-corrected chi connectivity index (χ4v) is 7.04. The third-order valence-electron chi connectivity index (χ3n) is 6.90.